The maximum absolute atomic E-state index is 10.7. The Hall–Kier alpha value is -1.63. The van der Waals surface area contributed by atoms with Crippen molar-refractivity contribution < 1.29 is 29.3 Å². The van der Waals surface area contributed by atoms with Crippen LogP contribution in [0.3, 0.4) is 0 Å². The molecule has 0 rings (SSSR count). The Morgan fingerprint density at radius 1 is 1.29 bits per heavy atom. The fourth-order valence-electron chi connectivity index (χ4n) is 0.632. The highest BCUT2D eigenvalue weighted by molar-refractivity contribution is 5.86. The average Bonchev–Trinajstić information content (AvgIpc) is 2.11. The monoisotopic (exact) mass is 205 g/mol. The number of hydrogen-bond donors (Lipinski definition) is 3. The van der Waals surface area contributed by atoms with Crippen LogP contribution in [0.4, 0.5) is 0 Å². The molecule has 7 heteroatoms. The number of carbonyl (C=O) groups excluding carboxylic acids is 1. The molecule has 0 amide bonds. The Bertz CT molecular complexity index is 251. The minimum atomic E-state index is -1.85. The molecule has 0 saturated carbocycles. The molecule has 0 aromatic rings. The quantitative estimate of drug-likeness (QED) is 0.481. The van der Waals surface area contributed by atoms with Crippen molar-refractivity contribution in [1.29, 1.82) is 0 Å². The highest BCUT2D eigenvalue weighted by atomic mass is 16.6. The molecule has 0 aliphatic carbocycles. The molecular weight excluding hydrogens is 194 g/mol. The highest BCUT2D eigenvalue weighted by Gasteiger charge is 2.33. The van der Waals surface area contributed by atoms with Gasteiger partial charge in [-0.25, -0.2) is 4.79 Å². The fourth-order valence-corrected chi connectivity index (χ4v) is 0.632. The molecule has 14 heavy (non-hydrogen) atoms. The molecule has 7 nitrogen and oxygen atoms in total. The van der Waals surface area contributed by atoms with Crippen LogP contribution in [0.25, 0.3) is 0 Å². The van der Waals surface area contributed by atoms with Crippen LogP contribution >= 0.6 is 0 Å². The molecular formula is C7H11NO6. The number of carbonyl (C=O) groups is 3. The standard InChI is InChI=1S/C7H11NO6/c1-2-3(9)14-5(7(12)13)4(8)6(10)11/h4-5H,2,8H2,1H3,(H,10,11)(H,12,13)/t4-,5-/m1/s1. The van der Waals surface area contributed by atoms with Crippen molar-refractivity contribution in [3.05, 3.63) is 0 Å². The zero-order chi connectivity index (χ0) is 11.3. The third-order valence-corrected chi connectivity index (χ3v) is 1.40. The van der Waals surface area contributed by atoms with Gasteiger partial charge in [-0.3, -0.25) is 9.59 Å². The van der Waals surface area contributed by atoms with Crippen LogP contribution in [0, 0.1) is 0 Å². The third-order valence-electron chi connectivity index (χ3n) is 1.40. The second-order valence-corrected chi connectivity index (χ2v) is 2.47. The molecule has 2 atom stereocenters. The first-order valence-electron chi connectivity index (χ1n) is 3.80. The van der Waals surface area contributed by atoms with Crippen LogP contribution in [0.5, 0.6) is 0 Å². The van der Waals surface area contributed by atoms with Gasteiger partial charge in [-0.05, 0) is 0 Å². The molecule has 0 aliphatic heterocycles. The maximum Gasteiger partial charge on any atom is 0.347 e. The van der Waals surface area contributed by atoms with Gasteiger partial charge in [0.25, 0.3) is 0 Å². The molecule has 0 aliphatic rings. The van der Waals surface area contributed by atoms with Crippen molar-refractivity contribution in [3.8, 4) is 0 Å². The second kappa shape index (κ2) is 5.18. The van der Waals surface area contributed by atoms with E-state index in [1.807, 2.05) is 0 Å². The van der Waals surface area contributed by atoms with Crippen molar-refractivity contribution in [2.24, 2.45) is 5.73 Å². The number of carboxylic acids is 2. The van der Waals surface area contributed by atoms with Crippen molar-refractivity contribution in [2.75, 3.05) is 0 Å². The minimum absolute atomic E-state index is 0.0455. The van der Waals surface area contributed by atoms with Crippen LogP contribution < -0.4 is 5.73 Å². The maximum atomic E-state index is 10.7. The summed E-state index contributed by atoms with van der Waals surface area (Å²) in [6, 6.07) is -1.76. The van der Waals surface area contributed by atoms with Gasteiger partial charge in [0, 0.05) is 6.42 Å². The topological polar surface area (TPSA) is 127 Å². The highest BCUT2D eigenvalue weighted by Crippen LogP contribution is 2.00. The lowest BCUT2D eigenvalue weighted by Crippen LogP contribution is -2.48. The van der Waals surface area contributed by atoms with Gasteiger partial charge in [-0.2, -0.15) is 0 Å². The molecule has 80 valence electrons. The molecule has 0 spiro atoms. The minimum Gasteiger partial charge on any atom is -0.480 e. The van der Waals surface area contributed by atoms with Crippen molar-refractivity contribution in [2.45, 2.75) is 25.5 Å². The number of nitrogens with two attached hydrogens (primary N) is 1. The molecule has 4 N–H and O–H groups in total. The summed E-state index contributed by atoms with van der Waals surface area (Å²) in [5.74, 6) is -3.93. The van der Waals surface area contributed by atoms with Gasteiger partial charge >= 0.3 is 17.9 Å². The normalized spacial score (nSPS) is 14.1. The van der Waals surface area contributed by atoms with E-state index in [2.05, 4.69) is 4.74 Å². The van der Waals surface area contributed by atoms with Gasteiger partial charge in [0.15, 0.2) is 6.04 Å². The lowest BCUT2D eigenvalue weighted by molar-refractivity contribution is -0.168. The van der Waals surface area contributed by atoms with E-state index in [1.54, 1.807) is 0 Å². The van der Waals surface area contributed by atoms with Crippen molar-refractivity contribution in [3.63, 3.8) is 0 Å². The van der Waals surface area contributed by atoms with Crippen LogP contribution in [-0.4, -0.2) is 40.3 Å². The largest absolute Gasteiger partial charge is 0.480 e. The van der Waals surface area contributed by atoms with Gasteiger partial charge in [0.05, 0.1) is 0 Å². The summed E-state index contributed by atoms with van der Waals surface area (Å²) in [7, 11) is 0. The van der Waals surface area contributed by atoms with E-state index in [4.69, 9.17) is 15.9 Å². The number of hydrogen-bond acceptors (Lipinski definition) is 5. The predicted octanol–water partition coefficient (Wildman–Crippen LogP) is -1.20. The molecule has 0 saturated heterocycles. The Balaban J connectivity index is 4.52. The lowest BCUT2D eigenvalue weighted by atomic mass is 10.2. The molecule has 0 unspecified atom stereocenters. The van der Waals surface area contributed by atoms with Crippen LogP contribution in [-0.2, 0) is 19.1 Å². The van der Waals surface area contributed by atoms with Crippen molar-refractivity contribution in [1.82, 2.24) is 0 Å². The fraction of sp³-hybridized carbons (Fsp3) is 0.571. The summed E-state index contributed by atoms with van der Waals surface area (Å²) in [6.07, 6.45) is -1.89. The second-order valence-electron chi connectivity index (χ2n) is 2.47. The van der Waals surface area contributed by atoms with Crippen LogP contribution in [0.1, 0.15) is 13.3 Å². The van der Waals surface area contributed by atoms with Gasteiger partial charge in [0.1, 0.15) is 0 Å². The predicted molar refractivity (Wildman–Crippen MR) is 43.4 cm³/mol. The summed E-state index contributed by atoms with van der Waals surface area (Å²) in [6.45, 7) is 1.45. The molecule has 0 fully saturated rings. The number of rotatable bonds is 5. The number of aliphatic carboxylic acids is 2. The molecule has 0 aromatic heterocycles. The zero-order valence-corrected chi connectivity index (χ0v) is 7.47. The number of carboxylic acid groups (broad SMARTS) is 2. The van der Waals surface area contributed by atoms with E-state index in [0.29, 0.717) is 0 Å². The first-order valence-corrected chi connectivity index (χ1v) is 3.80. The SMILES string of the molecule is CCC(=O)O[C@@H](C(=O)O)[C@@H](N)C(=O)O. The summed E-state index contributed by atoms with van der Waals surface area (Å²) in [5.41, 5.74) is 5.01. The van der Waals surface area contributed by atoms with Crippen molar-refractivity contribution >= 4 is 17.9 Å². The Labute approximate surface area is 79.5 Å². The summed E-state index contributed by atoms with van der Waals surface area (Å²) >= 11 is 0. The third kappa shape index (κ3) is 3.40. The van der Waals surface area contributed by atoms with E-state index >= 15 is 0 Å². The number of esters is 1. The summed E-state index contributed by atoms with van der Waals surface area (Å²) in [4.78, 5) is 31.5. The van der Waals surface area contributed by atoms with Crippen LogP contribution in [0.2, 0.25) is 0 Å². The van der Waals surface area contributed by atoms with E-state index < -0.39 is 30.1 Å². The zero-order valence-electron chi connectivity index (χ0n) is 7.47. The van der Waals surface area contributed by atoms with Gasteiger partial charge < -0.3 is 20.7 Å². The summed E-state index contributed by atoms with van der Waals surface area (Å²) < 4.78 is 4.34. The molecule has 0 bridgehead atoms. The molecule has 0 heterocycles. The number of ether oxygens (including phenoxy) is 1. The smallest absolute Gasteiger partial charge is 0.347 e. The van der Waals surface area contributed by atoms with Gasteiger partial charge in [-0.1, -0.05) is 6.92 Å². The molecule has 0 radical (unpaired) electrons. The average molecular weight is 205 g/mol. The Kier molecular flexibility index (Phi) is 4.57. The lowest BCUT2D eigenvalue weighted by Gasteiger charge is -2.16. The van der Waals surface area contributed by atoms with E-state index in [1.165, 1.54) is 6.92 Å². The van der Waals surface area contributed by atoms with E-state index in [9.17, 15) is 14.4 Å². The van der Waals surface area contributed by atoms with E-state index in [-0.39, 0.29) is 6.42 Å². The van der Waals surface area contributed by atoms with Gasteiger partial charge in [0.2, 0.25) is 6.10 Å². The first kappa shape index (κ1) is 12.4. The van der Waals surface area contributed by atoms with E-state index in [0.717, 1.165) is 0 Å². The van der Waals surface area contributed by atoms with Crippen LogP contribution in [0.15, 0.2) is 0 Å². The first-order chi connectivity index (χ1) is 6.40. The Morgan fingerprint density at radius 2 is 1.79 bits per heavy atom. The summed E-state index contributed by atoms with van der Waals surface area (Å²) in [5, 5.41) is 16.9. The van der Waals surface area contributed by atoms with Gasteiger partial charge in [-0.15, -0.1) is 0 Å². The Morgan fingerprint density at radius 3 is 2.07 bits per heavy atom. The molecule has 0 aromatic carbocycles.